The molecule has 0 unspecified atom stereocenters. The number of piperidine rings is 1. The molecule has 36 heavy (non-hydrogen) atoms. The number of pyridine rings is 1. The second-order valence-corrected chi connectivity index (χ2v) is 12.3. The Morgan fingerprint density at radius 1 is 1.14 bits per heavy atom. The van der Waals surface area contributed by atoms with Gasteiger partial charge in [0.05, 0.1) is 16.8 Å². The fraction of sp³-hybridized carbons (Fsp3) is 0.560. The van der Waals surface area contributed by atoms with Crippen LogP contribution in [0.3, 0.4) is 0 Å². The first kappa shape index (κ1) is 26.3. The van der Waals surface area contributed by atoms with Crippen LogP contribution in [-0.2, 0) is 10.2 Å². The first-order valence-electron chi connectivity index (χ1n) is 12.1. The smallest absolute Gasteiger partial charge is 0.281 e. The highest BCUT2D eigenvalue weighted by molar-refractivity contribution is 7.86. The fourth-order valence-corrected chi connectivity index (χ4v) is 6.16. The van der Waals surface area contributed by atoms with Gasteiger partial charge < -0.3 is 14.6 Å². The number of hydrogen-bond donors (Lipinski definition) is 0. The number of amides is 1. The van der Waals surface area contributed by atoms with Gasteiger partial charge in [-0.15, -0.1) is 0 Å². The van der Waals surface area contributed by atoms with Gasteiger partial charge in [0.1, 0.15) is 5.82 Å². The van der Waals surface area contributed by atoms with Crippen LogP contribution in [0.2, 0.25) is 0 Å². The van der Waals surface area contributed by atoms with Crippen LogP contribution in [0.4, 0.5) is 10.1 Å². The Kier molecular flexibility index (Phi) is 7.23. The molecular formula is C25H33FN6O3S. The fourth-order valence-electron chi connectivity index (χ4n) is 5.07. The normalized spacial score (nSPS) is 18.6. The summed E-state index contributed by atoms with van der Waals surface area (Å²) in [6.45, 7) is 13.7. The third kappa shape index (κ3) is 4.90. The molecule has 0 aliphatic carbocycles. The molecule has 2 saturated heterocycles. The van der Waals surface area contributed by atoms with Gasteiger partial charge in [-0.2, -0.15) is 17.0 Å². The van der Waals surface area contributed by atoms with Crippen molar-refractivity contribution >= 4 is 32.7 Å². The highest BCUT2D eigenvalue weighted by Crippen LogP contribution is 2.37. The maximum atomic E-state index is 14.3. The van der Waals surface area contributed by atoms with Crippen molar-refractivity contribution in [1.29, 1.82) is 0 Å². The van der Waals surface area contributed by atoms with Crippen molar-refractivity contribution in [3.05, 3.63) is 47.2 Å². The number of fused-ring (bicyclic) bond motifs is 1. The van der Waals surface area contributed by atoms with E-state index in [-0.39, 0.29) is 38.0 Å². The summed E-state index contributed by atoms with van der Waals surface area (Å²) in [7, 11) is -0.572. The molecule has 0 atom stereocenters. The summed E-state index contributed by atoms with van der Waals surface area (Å²) in [5, 5.41) is 0.581. The van der Waals surface area contributed by atoms with Crippen LogP contribution in [0.5, 0.6) is 0 Å². The standard InChI is InChI=1S/C25H33FN6O3S/c1-25(2,27-3)18-8-10-30(11-9-18)23-20-16-19(26)6-7-22(20)28-17-21(23)24(33)31-12-14-32(15-13-31)36(34,35)29(4)5/h6-7,16-18H,8-15H2,1-2,4-5H3. The van der Waals surface area contributed by atoms with E-state index in [4.69, 9.17) is 6.57 Å². The van der Waals surface area contributed by atoms with E-state index in [0.717, 1.165) is 12.8 Å². The number of rotatable bonds is 5. The van der Waals surface area contributed by atoms with Crippen molar-refractivity contribution < 1.29 is 17.6 Å². The van der Waals surface area contributed by atoms with Crippen LogP contribution < -0.4 is 4.90 Å². The van der Waals surface area contributed by atoms with Gasteiger partial charge in [0.25, 0.3) is 16.1 Å². The van der Waals surface area contributed by atoms with Crippen molar-refractivity contribution in [1.82, 2.24) is 18.5 Å². The molecule has 1 aromatic carbocycles. The Hall–Kier alpha value is -2.81. The predicted molar refractivity (Wildman–Crippen MR) is 137 cm³/mol. The van der Waals surface area contributed by atoms with E-state index in [9.17, 15) is 17.6 Å². The molecule has 2 fully saturated rings. The van der Waals surface area contributed by atoms with Gasteiger partial charge in [0.2, 0.25) is 5.54 Å². The summed E-state index contributed by atoms with van der Waals surface area (Å²) in [4.78, 5) is 25.7. The molecule has 2 aliphatic heterocycles. The molecule has 0 radical (unpaired) electrons. The Labute approximate surface area is 212 Å². The zero-order chi connectivity index (χ0) is 26.3. The Morgan fingerprint density at radius 3 is 2.36 bits per heavy atom. The topological polar surface area (TPSA) is 81.4 Å². The molecule has 2 aromatic rings. The largest absolute Gasteiger partial charge is 0.370 e. The van der Waals surface area contributed by atoms with Crippen molar-refractivity contribution in [3.63, 3.8) is 0 Å². The van der Waals surface area contributed by atoms with E-state index in [0.29, 0.717) is 35.2 Å². The lowest BCUT2D eigenvalue weighted by Gasteiger charge is -2.38. The zero-order valence-electron chi connectivity index (χ0n) is 21.2. The molecule has 1 aromatic heterocycles. The van der Waals surface area contributed by atoms with Crippen LogP contribution in [0, 0.1) is 18.3 Å². The zero-order valence-corrected chi connectivity index (χ0v) is 22.1. The molecule has 194 valence electrons. The van der Waals surface area contributed by atoms with Gasteiger partial charge in [-0.1, -0.05) is 0 Å². The lowest BCUT2D eigenvalue weighted by atomic mass is 9.80. The number of benzene rings is 1. The van der Waals surface area contributed by atoms with Gasteiger partial charge >= 0.3 is 0 Å². The first-order valence-corrected chi connectivity index (χ1v) is 13.5. The SMILES string of the molecule is [C-]#[N+]C(C)(C)C1CCN(c2c(C(=O)N3CCN(S(=O)(=O)N(C)C)CC3)cnc3ccc(F)cc23)CC1. The molecule has 11 heteroatoms. The average Bonchev–Trinajstić information content (AvgIpc) is 2.87. The van der Waals surface area contributed by atoms with Crippen LogP contribution in [0.1, 0.15) is 37.0 Å². The number of carbonyl (C=O) groups excluding carboxylic acids is 1. The minimum atomic E-state index is -3.55. The Morgan fingerprint density at radius 2 is 1.78 bits per heavy atom. The molecule has 0 spiro atoms. The van der Waals surface area contributed by atoms with Crippen LogP contribution in [-0.4, -0.2) is 91.7 Å². The molecule has 1 amide bonds. The number of aromatic nitrogens is 1. The molecule has 4 rings (SSSR count). The number of anilines is 1. The molecule has 0 saturated carbocycles. The summed E-state index contributed by atoms with van der Waals surface area (Å²) >= 11 is 0. The summed E-state index contributed by atoms with van der Waals surface area (Å²) in [5.41, 5.74) is 1.20. The lowest BCUT2D eigenvalue weighted by molar-refractivity contribution is 0.0695. The summed E-state index contributed by atoms with van der Waals surface area (Å²) in [6.07, 6.45) is 3.14. The van der Waals surface area contributed by atoms with E-state index in [1.165, 1.54) is 34.8 Å². The van der Waals surface area contributed by atoms with Crippen LogP contribution in [0.25, 0.3) is 15.7 Å². The number of halogens is 1. The number of hydrogen-bond acceptors (Lipinski definition) is 5. The van der Waals surface area contributed by atoms with E-state index < -0.39 is 21.6 Å². The van der Waals surface area contributed by atoms with Crippen molar-refractivity contribution in [2.75, 3.05) is 58.3 Å². The summed E-state index contributed by atoms with van der Waals surface area (Å²) < 4.78 is 41.8. The van der Waals surface area contributed by atoms with Gasteiger partial charge in [-0.05, 0) is 31.0 Å². The second-order valence-electron chi connectivity index (χ2n) is 10.2. The van der Waals surface area contributed by atoms with Crippen molar-refractivity contribution in [2.24, 2.45) is 5.92 Å². The predicted octanol–water partition coefficient (Wildman–Crippen LogP) is 2.85. The van der Waals surface area contributed by atoms with Gasteiger partial charge in [-0.3, -0.25) is 9.78 Å². The quantitative estimate of drug-likeness (QED) is 0.571. The molecule has 0 bridgehead atoms. The van der Waals surface area contributed by atoms with E-state index in [2.05, 4.69) is 14.7 Å². The second kappa shape index (κ2) is 9.92. The highest BCUT2D eigenvalue weighted by Gasteiger charge is 2.39. The molecular weight excluding hydrogens is 483 g/mol. The van der Waals surface area contributed by atoms with Crippen LogP contribution >= 0.6 is 0 Å². The van der Waals surface area contributed by atoms with E-state index in [1.54, 1.807) is 17.2 Å². The van der Waals surface area contributed by atoms with E-state index >= 15 is 0 Å². The Bertz CT molecular complexity index is 1290. The van der Waals surface area contributed by atoms with Crippen molar-refractivity contribution in [2.45, 2.75) is 32.2 Å². The van der Waals surface area contributed by atoms with Crippen molar-refractivity contribution in [3.8, 4) is 0 Å². The average molecular weight is 517 g/mol. The monoisotopic (exact) mass is 516 g/mol. The number of piperazine rings is 1. The van der Waals surface area contributed by atoms with Gasteiger partial charge in [0.15, 0.2) is 0 Å². The highest BCUT2D eigenvalue weighted by atomic mass is 32.2. The van der Waals surface area contributed by atoms with Gasteiger partial charge in [0, 0.05) is 84.7 Å². The third-order valence-electron chi connectivity index (χ3n) is 7.44. The minimum Gasteiger partial charge on any atom is -0.370 e. The maximum absolute atomic E-state index is 14.3. The number of carbonyl (C=O) groups is 1. The first-order chi connectivity index (χ1) is 17.0. The van der Waals surface area contributed by atoms with E-state index in [1.807, 2.05) is 13.8 Å². The maximum Gasteiger partial charge on any atom is 0.281 e. The summed E-state index contributed by atoms with van der Waals surface area (Å²) in [5.74, 6) is -0.405. The lowest BCUT2D eigenvalue weighted by Crippen LogP contribution is -2.53. The molecule has 2 aliphatic rings. The molecule has 3 heterocycles. The molecule has 9 nitrogen and oxygen atoms in total. The number of nitrogens with zero attached hydrogens (tertiary/aromatic N) is 6. The Balaban J connectivity index is 1.64. The third-order valence-corrected chi connectivity index (χ3v) is 9.38. The minimum absolute atomic E-state index is 0.203. The van der Waals surface area contributed by atoms with Gasteiger partial charge in [-0.25, -0.2) is 11.0 Å². The summed E-state index contributed by atoms with van der Waals surface area (Å²) in [6, 6.07) is 4.39. The van der Waals surface area contributed by atoms with Crippen LogP contribution in [0.15, 0.2) is 24.4 Å². The molecule has 0 N–H and O–H groups in total.